The number of hydrogen-bond donors (Lipinski definition) is 2. The lowest BCUT2D eigenvalue weighted by molar-refractivity contribution is 0.116. The van der Waals surface area contributed by atoms with Gasteiger partial charge in [0.2, 0.25) is 0 Å². The highest BCUT2D eigenvalue weighted by Gasteiger charge is 2.44. The SMILES string of the molecule is CCNC(=NCC1(c2cccc(Cl)c2)CC1)NCC1CN(C)CCN1C. The van der Waals surface area contributed by atoms with E-state index in [9.17, 15) is 0 Å². The average Bonchev–Trinajstić information content (AvgIpc) is 3.41. The summed E-state index contributed by atoms with van der Waals surface area (Å²) >= 11 is 6.18. The molecule has 0 radical (unpaired) electrons. The first kappa shape index (κ1) is 19.5. The summed E-state index contributed by atoms with van der Waals surface area (Å²) < 4.78 is 0. The number of likely N-dealkylation sites (N-methyl/N-ethyl adjacent to an activating group) is 2. The lowest BCUT2D eigenvalue weighted by Crippen LogP contribution is -2.55. The van der Waals surface area contributed by atoms with E-state index in [-0.39, 0.29) is 5.41 Å². The predicted molar refractivity (Wildman–Crippen MR) is 110 cm³/mol. The van der Waals surface area contributed by atoms with Gasteiger partial charge in [-0.05, 0) is 51.6 Å². The van der Waals surface area contributed by atoms with Crippen LogP contribution in [0.1, 0.15) is 25.3 Å². The van der Waals surface area contributed by atoms with Crippen LogP contribution in [0.25, 0.3) is 0 Å². The van der Waals surface area contributed by atoms with Crippen molar-refractivity contribution in [1.82, 2.24) is 20.4 Å². The highest BCUT2D eigenvalue weighted by Crippen LogP contribution is 2.48. The molecule has 1 heterocycles. The molecule has 1 saturated carbocycles. The van der Waals surface area contributed by atoms with Gasteiger partial charge in [0.05, 0.1) is 6.54 Å². The Balaban J connectivity index is 1.60. The molecule has 2 fully saturated rings. The molecule has 0 bridgehead atoms. The van der Waals surface area contributed by atoms with Crippen molar-refractivity contribution in [2.24, 2.45) is 4.99 Å². The Kier molecular flexibility index (Phi) is 6.43. The molecule has 144 valence electrons. The van der Waals surface area contributed by atoms with E-state index in [1.807, 2.05) is 12.1 Å². The first-order chi connectivity index (χ1) is 12.5. The number of aliphatic imine (C=N–C) groups is 1. The van der Waals surface area contributed by atoms with Crippen LogP contribution in [0.15, 0.2) is 29.3 Å². The van der Waals surface area contributed by atoms with Gasteiger partial charge in [0.15, 0.2) is 5.96 Å². The van der Waals surface area contributed by atoms with Crippen LogP contribution < -0.4 is 10.6 Å². The molecule has 1 atom stereocenters. The molecule has 6 heteroatoms. The van der Waals surface area contributed by atoms with Crippen LogP contribution in [0.3, 0.4) is 0 Å². The van der Waals surface area contributed by atoms with Crippen LogP contribution in [0.4, 0.5) is 0 Å². The van der Waals surface area contributed by atoms with Crippen molar-refractivity contribution in [2.75, 3.05) is 53.4 Å². The molecule has 0 amide bonds. The maximum atomic E-state index is 6.18. The number of guanidine groups is 1. The Morgan fingerprint density at radius 1 is 1.27 bits per heavy atom. The molecule has 2 N–H and O–H groups in total. The van der Waals surface area contributed by atoms with Crippen molar-refractivity contribution in [3.8, 4) is 0 Å². The summed E-state index contributed by atoms with van der Waals surface area (Å²) in [4.78, 5) is 9.73. The van der Waals surface area contributed by atoms with Gasteiger partial charge in [-0.25, -0.2) is 0 Å². The van der Waals surface area contributed by atoms with Crippen molar-refractivity contribution < 1.29 is 0 Å². The van der Waals surface area contributed by atoms with Gasteiger partial charge >= 0.3 is 0 Å². The molecule has 2 aliphatic rings. The first-order valence-corrected chi connectivity index (χ1v) is 10.1. The molecule has 0 spiro atoms. The Morgan fingerprint density at radius 3 is 2.77 bits per heavy atom. The fourth-order valence-corrected chi connectivity index (χ4v) is 3.81. The van der Waals surface area contributed by atoms with E-state index in [1.165, 1.54) is 18.4 Å². The number of rotatable bonds is 6. The predicted octanol–water partition coefficient (Wildman–Crippen LogP) is 2.17. The molecule has 3 rings (SSSR count). The Hall–Kier alpha value is -1.30. The van der Waals surface area contributed by atoms with Crippen LogP contribution in [0.5, 0.6) is 0 Å². The summed E-state index contributed by atoms with van der Waals surface area (Å²) in [6.07, 6.45) is 2.37. The fraction of sp³-hybridized carbons (Fsp3) is 0.650. The van der Waals surface area contributed by atoms with E-state index < -0.39 is 0 Å². The van der Waals surface area contributed by atoms with E-state index in [0.717, 1.165) is 50.3 Å². The molecule has 1 saturated heterocycles. The molecule has 26 heavy (non-hydrogen) atoms. The Bertz CT molecular complexity index is 628. The summed E-state index contributed by atoms with van der Waals surface area (Å²) in [6.45, 7) is 8.06. The second kappa shape index (κ2) is 8.59. The molecular weight excluding hydrogens is 346 g/mol. The maximum absolute atomic E-state index is 6.18. The lowest BCUT2D eigenvalue weighted by Gasteiger charge is -2.38. The summed E-state index contributed by atoms with van der Waals surface area (Å²) in [7, 11) is 4.41. The van der Waals surface area contributed by atoms with E-state index in [1.54, 1.807) is 0 Å². The van der Waals surface area contributed by atoms with Crippen molar-refractivity contribution in [1.29, 1.82) is 0 Å². The van der Waals surface area contributed by atoms with Crippen LogP contribution in [0.2, 0.25) is 5.02 Å². The normalized spacial score (nSPS) is 23.7. The quantitative estimate of drug-likeness (QED) is 0.589. The number of piperazine rings is 1. The van der Waals surface area contributed by atoms with Crippen molar-refractivity contribution in [3.63, 3.8) is 0 Å². The zero-order chi connectivity index (χ0) is 18.6. The lowest BCUT2D eigenvalue weighted by atomic mass is 9.96. The molecular formula is C20H32ClN5. The van der Waals surface area contributed by atoms with Crippen LogP contribution >= 0.6 is 11.6 Å². The minimum atomic E-state index is 0.176. The second-order valence-corrected chi connectivity index (χ2v) is 8.20. The third-order valence-corrected chi connectivity index (χ3v) is 5.90. The minimum absolute atomic E-state index is 0.176. The van der Waals surface area contributed by atoms with Gasteiger partial charge in [-0.2, -0.15) is 0 Å². The van der Waals surface area contributed by atoms with Gasteiger partial charge in [0, 0.05) is 49.2 Å². The second-order valence-electron chi connectivity index (χ2n) is 7.76. The number of hydrogen-bond acceptors (Lipinski definition) is 3. The Labute approximate surface area is 162 Å². The van der Waals surface area contributed by atoms with Crippen LogP contribution in [-0.2, 0) is 5.41 Å². The molecule has 1 aromatic carbocycles. The van der Waals surface area contributed by atoms with E-state index in [4.69, 9.17) is 16.6 Å². The molecule has 1 aliphatic heterocycles. The van der Waals surface area contributed by atoms with E-state index in [0.29, 0.717) is 6.04 Å². The topological polar surface area (TPSA) is 42.9 Å². The van der Waals surface area contributed by atoms with Crippen molar-refractivity contribution >= 4 is 17.6 Å². The third kappa shape index (κ3) is 4.90. The number of halogens is 1. The molecule has 1 unspecified atom stereocenters. The van der Waals surface area contributed by atoms with E-state index >= 15 is 0 Å². The molecule has 1 aliphatic carbocycles. The van der Waals surface area contributed by atoms with Gasteiger partial charge < -0.3 is 15.5 Å². The highest BCUT2D eigenvalue weighted by atomic mass is 35.5. The summed E-state index contributed by atoms with van der Waals surface area (Å²) in [5.41, 5.74) is 1.49. The van der Waals surface area contributed by atoms with Gasteiger partial charge in [-0.1, -0.05) is 23.7 Å². The number of benzene rings is 1. The maximum Gasteiger partial charge on any atom is 0.191 e. The van der Waals surface area contributed by atoms with Crippen molar-refractivity contribution in [3.05, 3.63) is 34.9 Å². The van der Waals surface area contributed by atoms with Gasteiger partial charge in [0.1, 0.15) is 0 Å². The number of nitrogens with zero attached hydrogens (tertiary/aromatic N) is 3. The largest absolute Gasteiger partial charge is 0.357 e. The van der Waals surface area contributed by atoms with Gasteiger partial charge in [-0.15, -0.1) is 0 Å². The van der Waals surface area contributed by atoms with E-state index in [2.05, 4.69) is 53.6 Å². The summed E-state index contributed by atoms with van der Waals surface area (Å²) in [6, 6.07) is 8.77. The Morgan fingerprint density at radius 2 is 2.08 bits per heavy atom. The molecule has 5 nitrogen and oxygen atoms in total. The highest BCUT2D eigenvalue weighted by molar-refractivity contribution is 6.30. The van der Waals surface area contributed by atoms with Crippen molar-refractivity contribution in [2.45, 2.75) is 31.2 Å². The first-order valence-electron chi connectivity index (χ1n) is 9.69. The zero-order valence-electron chi connectivity index (χ0n) is 16.3. The molecule has 1 aromatic rings. The standard InChI is InChI=1S/C20H32ClN5/c1-4-22-19(23-13-18-14-25(2)10-11-26(18)3)24-15-20(8-9-20)16-6-5-7-17(21)12-16/h5-7,12,18H,4,8-11,13-15H2,1-3H3,(H2,22,23,24). The van der Waals surface area contributed by atoms with Gasteiger partial charge in [-0.3, -0.25) is 9.89 Å². The zero-order valence-corrected chi connectivity index (χ0v) is 17.0. The minimum Gasteiger partial charge on any atom is -0.357 e. The van der Waals surface area contributed by atoms with Crippen LogP contribution in [-0.4, -0.2) is 75.2 Å². The monoisotopic (exact) mass is 377 g/mol. The van der Waals surface area contributed by atoms with Gasteiger partial charge in [0.25, 0.3) is 0 Å². The average molecular weight is 378 g/mol. The third-order valence-electron chi connectivity index (χ3n) is 5.66. The smallest absolute Gasteiger partial charge is 0.191 e. The summed E-state index contributed by atoms with van der Waals surface area (Å²) in [5.74, 6) is 0.919. The van der Waals surface area contributed by atoms with Crippen LogP contribution in [0, 0.1) is 0 Å². The molecule has 0 aromatic heterocycles. The number of nitrogens with one attached hydrogen (secondary N) is 2. The fourth-order valence-electron chi connectivity index (χ4n) is 3.62. The summed E-state index contributed by atoms with van der Waals surface area (Å²) in [5, 5.41) is 7.75.